The molecule has 18 heavy (non-hydrogen) atoms. The molecule has 0 amide bonds. The van der Waals surface area contributed by atoms with Gasteiger partial charge in [-0.25, -0.2) is 0 Å². The van der Waals surface area contributed by atoms with Crippen LogP contribution in [0.1, 0.15) is 40.0 Å². The minimum Gasteiger partial charge on any atom is -0.466 e. The summed E-state index contributed by atoms with van der Waals surface area (Å²) in [7, 11) is 2.18. The SMILES string of the molecule is CCOC(=O)CC(C)NCC1(C)CCN(C)CC1. The number of carbonyl (C=O) groups excluding carboxylic acids is 1. The number of likely N-dealkylation sites (tertiary alicyclic amines) is 1. The van der Waals surface area contributed by atoms with Crippen LogP contribution in [0.5, 0.6) is 0 Å². The molecule has 1 saturated heterocycles. The number of nitrogens with zero attached hydrogens (tertiary/aromatic N) is 1. The first-order valence-corrected chi connectivity index (χ1v) is 7.03. The molecule has 1 heterocycles. The van der Waals surface area contributed by atoms with Gasteiger partial charge >= 0.3 is 5.97 Å². The molecule has 1 fully saturated rings. The van der Waals surface area contributed by atoms with Crippen molar-refractivity contribution in [1.82, 2.24) is 10.2 Å². The van der Waals surface area contributed by atoms with Crippen molar-refractivity contribution in [2.24, 2.45) is 5.41 Å². The van der Waals surface area contributed by atoms with E-state index >= 15 is 0 Å². The zero-order chi connectivity index (χ0) is 13.6. The summed E-state index contributed by atoms with van der Waals surface area (Å²) >= 11 is 0. The first kappa shape index (κ1) is 15.4. The summed E-state index contributed by atoms with van der Waals surface area (Å²) in [4.78, 5) is 13.7. The predicted molar refractivity (Wildman–Crippen MR) is 73.6 cm³/mol. The van der Waals surface area contributed by atoms with Gasteiger partial charge in [-0.2, -0.15) is 0 Å². The first-order valence-electron chi connectivity index (χ1n) is 7.03. The second-order valence-electron chi connectivity index (χ2n) is 5.91. The van der Waals surface area contributed by atoms with Gasteiger partial charge in [0, 0.05) is 12.6 Å². The fraction of sp³-hybridized carbons (Fsp3) is 0.929. The lowest BCUT2D eigenvalue weighted by molar-refractivity contribution is -0.143. The van der Waals surface area contributed by atoms with Crippen LogP contribution in [0.25, 0.3) is 0 Å². The van der Waals surface area contributed by atoms with Crippen LogP contribution in [0.4, 0.5) is 0 Å². The number of esters is 1. The highest BCUT2D eigenvalue weighted by Gasteiger charge is 2.29. The molecular weight excluding hydrogens is 228 g/mol. The summed E-state index contributed by atoms with van der Waals surface area (Å²) in [5.41, 5.74) is 0.370. The molecule has 0 spiro atoms. The summed E-state index contributed by atoms with van der Waals surface area (Å²) in [6.45, 7) is 10.0. The number of rotatable bonds is 6. The van der Waals surface area contributed by atoms with Crippen molar-refractivity contribution in [2.75, 3.05) is 33.3 Å². The molecule has 0 radical (unpaired) electrons. The largest absolute Gasteiger partial charge is 0.466 e. The van der Waals surface area contributed by atoms with Crippen LogP contribution >= 0.6 is 0 Å². The number of hydrogen-bond donors (Lipinski definition) is 1. The fourth-order valence-corrected chi connectivity index (χ4v) is 2.30. The first-order chi connectivity index (χ1) is 8.45. The standard InChI is InChI=1S/C14H28N2O2/c1-5-18-13(17)10-12(2)15-11-14(3)6-8-16(4)9-7-14/h12,15H,5-11H2,1-4H3. The molecule has 0 bridgehead atoms. The van der Waals surface area contributed by atoms with Crippen LogP contribution in [-0.4, -0.2) is 50.2 Å². The van der Waals surface area contributed by atoms with Crippen LogP contribution in [0.15, 0.2) is 0 Å². The third-order valence-corrected chi connectivity index (χ3v) is 3.85. The molecule has 4 heteroatoms. The number of piperidine rings is 1. The Labute approximate surface area is 111 Å². The van der Waals surface area contributed by atoms with E-state index in [1.54, 1.807) is 0 Å². The molecule has 1 aliphatic rings. The summed E-state index contributed by atoms with van der Waals surface area (Å²) in [6.07, 6.45) is 2.91. The quantitative estimate of drug-likeness (QED) is 0.734. The van der Waals surface area contributed by atoms with Gasteiger partial charge in [-0.05, 0) is 52.2 Å². The van der Waals surface area contributed by atoms with Crippen molar-refractivity contribution in [3.8, 4) is 0 Å². The van der Waals surface area contributed by atoms with Crippen molar-refractivity contribution in [3.05, 3.63) is 0 Å². The second-order valence-corrected chi connectivity index (χ2v) is 5.91. The minimum absolute atomic E-state index is 0.106. The van der Waals surface area contributed by atoms with E-state index in [2.05, 4.69) is 31.1 Å². The fourth-order valence-electron chi connectivity index (χ4n) is 2.30. The van der Waals surface area contributed by atoms with Gasteiger partial charge in [0.15, 0.2) is 0 Å². The van der Waals surface area contributed by atoms with Crippen LogP contribution < -0.4 is 5.32 Å². The topological polar surface area (TPSA) is 41.6 Å². The highest BCUT2D eigenvalue weighted by Crippen LogP contribution is 2.29. The number of ether oxygens (including phenoxy) is 1. The van der Waals surface area contributed by atoms with Crippen molar-refractivity contribution >= 4 is 5.97 Å². The second kappa shape index (κ2) is 7.10. The lowest BCUT2D eigenvalue weighted by Gasteiger charge is -2.38. The predicted octanol–water partition coefficient (Wildman–Crippen LogP) is 1.65. The van der Waals surface area contributed by atoms with E-state index < -0.39 is 0 Å². The molecule has 106 valence electrons. The lowest BCUT2D eigenvalue weighted by Crippen LogP contribution is -2.44. The van der Waals surface area contributed by atoms with E-state index in [0.29, 0.717) is 18.4 Å². The summed E-state index contributed by atoms with van der Waals surface area (Å²) in [5, 5.41) is 3.48. The van der Waals surface area contributed by atoms with Gasteiger partial charge in [0.2, 0.25) is 0 Å². The Morgan fingerprint density at radius 2 is 2.06 bits per heavy atom. The van der Waals surface area contributed by atoms with Gasteiger partial charge in [0.25, 0.3) is 0 Å². The Kier molecular flexibility index (Phi) is 6.09. The highest BCUT2D eigenvalue weighted by molar-refractivity contribution is 5.69. The normalized spacial score (nSPS) is 21.6. The molecule has 1 unspecified atom stereocenters. The van der Waals surface area contributed by atoms with Crippen molar-refractivity contribution in [1.29, 1.82) is 0 Å². The number of carbonyl (C=O) groups is 1. The zero-order valence-corrected chi connectivity index (χ0v) is 12.3. The lowest BCUT2D eigenvalue weighted by atomic mass is 9.80. The Balaban J connectivity index is 2.25. The average molecular weight is 256 g/mol. The Morgan fingerprint density at radius 3 is 2.61 bits per heavy atom. The van der Waals surface area contributed by atoms with Gasteiger partial charge in [-0.3, -0.25) is 4.79 Å². The molecule has 4 nitrogen and oxygen atoms in total. The van der Waals surface area contributed by atoms with Crippen LogP contribution in [0, 0.1) is 5.41 Å². The van der Waals surface area contributed by atoms with Crippen molar-refractivity contribution in [3.63, 3.8) is 0 Å². The summed E-state index contributed by atoms with van der Waals surface area (Å²) < 4.78 is 4.96. The maximum atomic E-state index is 11.4. The molecule has 1 atom stereocenters. The maximum absolute atomic E-state index is 11.4. The Bertz CT molecular complexity index is 261. The van der Waals surface area contributed by atoms with Crippen molar-refractivity contribution in [2.45, 2.75) is 46.1 Å². The van der Waals surface area contributed by atoms with E-state index in [-0.39, 0.29) is 12.0 Å². The molecule has 0 aromatic rings. The van der Waals surface area contributed by atoms with Gasteiger partial charge in [-0.1, -0.05) is 6.92 Å². The molecule has 1 N–H and O–H groups in total. The molecule has 0 aromatic carbocycles. The summed E-state index contributed by atoms with van der Waals surface area (Å²) in [5.74, 6) is -0.106. The monoisotopic (exact) mass is 256 g/mol. The highest BCUT2D eigenvalue weighted by atomic mass is 16.5. The molecule has 0 saturated carbocycles. The van der Waals surface area contributed by atoms with Crippen LogP contribution in [-0.2, 0) is 9.53 Å². The van der Waals surface area contributed by atoms with E-state index in [4.69, 9.17) is 4.74 Å². The summed E-state index contributed by atoms with van der Waals surface area (Å²) in [6, 6.07) is 0.195. The van der Waals surface area contributed by atoms with Crippen LogP contribution in [0.2, 0.25) is 0 Å². The van der Waals surface area contributed by atoms with Gasteiger partial charge < -0.3 is 15.0 Å². The molecule has 0 aliphatic carbocycles. The third-order valence-electron chi connectivity index (χ3n) is 3.85. The van der Waals surface area contributed by atoms with Crippen molar-refractivity contribution < 1.29 is 9.53 Å². The Morgan fingerprint density at radius 1 is 1.44 bits per heavy atom. The number of nitrogens with one attached hydrogen (secondary N) is 1. The van der Waals surface area contributed by atoms with Crippen LogP contribution in [0.3, 0.4) is 0 Å². The smallest absolute Gasteiger partial charge is 0.307 e. The van der Waals surface area contributed by atoms with Gasteiger partial charge in [-0.15, -0.1) is 0 Å². The van der Waals surface area contributed by atoms with E-state index in [0.717, 1.165) is 6.54 Å². The maximum Gasteiger partial charge on any atom is 0.307 e. The van der Waals surface area contributed by atoms with E-state index in [9.17, 15) is 4.79 Å². The average Bonchev–Trinajstić information content (AvgIpc) is 2.31. The Hall–Kier alpha value is -0.610. The van der Waals surface area contributed by atoms with Gasteiger partial charge in [0.1, 0.15) is 0 Å². The molecule has 0 aromatic heterocycles. The van der Waals surface area contributed by atoms with E-state index in [1.807, 2.05) is 6.92 Å². The molecular formula is C14H28N2O2. The zero-order valence-electron chi connectivity index (χ0n) is 12.3. The number of hydrogen-bond acceptors (Lipinski definition) is 4. The minimum atomic E-state index is -0.106. The molecule has 1 rings (SSSR count). The third kappa shape index (κ3) is 5.36. The van der Waals surface area contributed by atoms with Gasteiger partial charge in [0.05, 0.1) is 13.0 Å². The van der Waals surface area contributed by atoms with E-state index in [1.165, 1.54) is 25.9 Å². The molecule has 1 aliphatic heterocycles.